The van der Waals surface area contributed by atoms with Gasteiger partial charge in [-0.1, -0.05) is 24.3 Å². The van der Waals surface area contributed by atoms with Gasteiger partial charge in [0.25, 0.3) is 0 Å². The molecule has 1 N–H and O–H groups in total. The molecule has 3 aromatic rings. The number of ether oxygens (including phenoxy) is 2. The van der Waals surface area contributed by atoms with Gasteiger partial charge in [-0.3, -0.25) is 14.6 Å². The highest BCUT2D eigenvalue weighted by atomic mass is 19.3. The van der Waals surface area contributed by atoms with Crippen LogP contribution >= 0.6 is 0 Å². The molecule has 0 radical (unpaired) electrons. The van der Waals surface area contributed by atoms with Crippen molar-refractivity contribution < 1.29 is 27.8 Å². The third-order valence-corrected chi connectivity index (χ3v) is 5.47. The van der Waals surface area contributed by atoms with Gasteiger partial charge in [0.05, 0.1) is 11.1 Å². The molecule has 8 heteroatoms. The molecule has 156 valence electrons. The average Bonchev–Trinajstić information content (AvgIpc) is 3.51. The fraction of sp³-hybridized carbons (Fsp3) is 0.174. The first-order valence-electron chi connectivity index (χ1n) is 9.62. The minimum atomic E-state index is -3.70. The molecule has 6 nitrogen and oxygen atoms in total. The summed E-state index contributed by atoms with van der Waals surface area (Å²) < 4.78 is 35.6. The van der Waals surface area contributed by atoms with Crippen molar-refractivity contribution in [2.24, 2.45) is 0 Å². The molecule has 2 aromatic carbocycles. The summed E-state index contributed by atoms with van der Waals surface area (Å²) in [5.41, 5.74) is 2.22. The van der Waals surface area contributed by atoms with Crippen LogP contribution in [0.4, 0.5) is 14.5 Å². The molecule has 0 bridgehead atoms. The number of anilines is 1. The van der Waals surface area contributed by atoms with Crippen molar-refractivity contribution in [2.45, 2.75) is 24.6 Å². The Labute approximate surface area is 175 Å². The van der Waals surface area contributed by atoms with Crippen molar-refractivity contribution in [3.63, 3.8) is 0 Å². The van der Waals surface area contributed by atoms with E-state index in [-0.39, 0.29) is 17.4 Å². The molecule has 2 aliphatic rings. The Balaban J connectivity index is 1.38. The standard InChI is InChI=1S/C23H16F2N2O4/c24-23(25)30-19-5-4-16(11-20(19)31-23)22(7-8-22)21(29)27-17-6-9-26-18(12-17)15-3-1-2-14(10-15)13-28/h1-6,9-13H,7-8H2,(H,26,27,29). The number of aromatic nitrogens is 1. The molecular formula is C23H16F2N2O4. The minimum Gasteiger partial charge on any atom is -0.395 e. The van der Waals surface area contributed by atoms with Crippen molar-refractivity contribution in [3.05, 3.63) is 71.9 Å². The second-order valence-electron chi connectivity index (χ2n) is 7.54. The number of rotatable bonds is 5. The van der Waals surface area contributed by atoms with Crippen molar-refractivity contribution >= 4 is 17.9 Å². The normalized spacial score (nSPS) is 17.1. The smallest absolute Gasteiger partial charge is 0.395 e. The highest BCUT2D eigenvalue weighted by Gasteiger charge is 2.52. The highest BCUT2D eigenvalue weighted by molar-refractivity contribution is 6.01. The third kappa shape index (κ3) is 3.50. The summed E-state index contributed by atoms with van der Waals surface area (Å²) in [4.78, 5) is 28.4. The highest BCUT2D eigenvalue weighted by Crippen LogP contribution is 2.52. The predicted octanol–water partition coefficient (Wildman–Crippen LogP) is 4.55. The quantitative estimate of drug-likeness (QED) is 0.611. The molecule has 0 saturated heterocycles. The van der Waals surface area contributed by atoms with Gasteiger partial charge in [-0.05, 0) is 48.7 Å². The number of aldehydes is 1. The molecule has 1 saturated carbocycles. The number of fused-ring (bicyclic) bond motifs is 1. The van der Waals surface area contributed by atoms with Crippen molar-refractivity contribution in [2.75, 3.05) is 5.32 Å². The van der Waals surface area contributed by atoms with Crippen molar-refractivity contribution in [3.8, 4) is 22.8 Å². The van der Waals surface area contributed by atoms with Crippen molar-refractivity contribution in [1.82, 2.24) is 4.98 Å². The van der Waals surface area contributed by atoms with Gasteiger partial charge < -0.3 is 14.8 Å². The summed E-state index contributed by atoms with van der Waals surface area (Å²) in [5.74, 6) is -0.374. The number of carbonyl (C=O) groups is 2. The Morgan fingerprint density at radius 2 is 1.84 bits per heavy atom. The largest absolute Gasteiger partial charge is 0.586 e. The SMILES string of the molecule is O=Cc1cccc(-c2cc(NC(=O)C3(c4ccc5c(c4)OC(F)(F)O5)CC3)ccn2)c1. The second-order valence-corrected chi connectivity index (χ2v) is 7.54. The van der Waals surface area contributed by atoms with Crippen molar-refractivity contribution in [1.29, 1.82) is 0 Å². The van der Waals surface area contributed by atoms with Gasteiger partial charge >= 0.3 is 6.29 Å². The van der Waals surface area contributed by atoms with Crippen LogP contribution in [0.1, 0.15) is 28.8 Å². The van der Waals surface area contributed by atoms with Gasteiger partial charge in [0, 0.05) is 23.0 Å². The van der Waals surface area contributed by atoms with E-state index in [9.17, 15) is 18.4 Å². The summed E-state index contributed by atoms with van der Waals surface area (Å²) in [6.45, 7) is 0. The molecule has 1 aliphatic carbocycles. The fourth-order valence-corrected chi connectivity index (χ4v) is 3.71. The molecule has 31 heavy (non-hydrogen) atoms. The molecule has 5 rings (SSSR count). The van der Waals surface area contributed by atoms with Gasteiger partial charge in [0.15, 0.2) is 11.5 Å². The summed E-state index contributed by atoms with van der Waals surface area (Å²) >= 11 is 0. The Hall–Kier alpha value is -3.81. The zero-order valence-corrected chi connectivity index (χ0v) is 16.1. The van der Waals surface area contributed by atoms with Crippen LogP contribution in [0.3, 0.4) is 0 Å². The molecule has 0 atom stereocenters. The lowest BCUT2D eigenvalue weighted by molar-refractivity contribution is -0.286. The number of carbonyl (C=O) groups excluding carboxylic acids is 2. The zero-order valence-electron chi connectivity index (χ0n) is 16.1. The van der Waals surface area contributed by atoms with E-state index in [1.165, 1.54) is 12.1 Å². The number of nitrogens with zero attached hydrogens (tertiary/aromatic N) is 1. The van der Waals surface area contributed by atoms with E-state index in [1.807, 2.05) is 6.07 Å². The number of hydrogen-bond acceptors (Lipinski definition) is 5. The van der Waals surface area contributed by atoms with Crippen LogP contribution in [-0.4, -0.2) is 23.5 Å². The maximum absolute atomic E-state index is 13.3. The fourth-order valence-electron chi connectivity index (χ4n) is 3.71. The number of hydrogen-bond donors (Lipinski definition) is 1. The summed E-state index contributed by atoms with van der Waals surface area (Å²) in [6, 6.07) is 14.8. The number of alkyl halides is 2. The van der Waals surface area contributed by atoms with E-state index >= 15 is 0 Å². The first-order chi connectivity index (χ1) is 14.9. The van der Waals surface area contributed by atoms with Crippen LogP contribution in [0.5, 0.6) is 11.5 Å². The first kappa shape index (κ1) is 19.2. The van der Waals surface area contributed by atoms with Crippen LogP contribution in [0, 0.1) is 0 Å². The molecule has 1 aromatic heterocycles. The van der Waals surface area contributed by atoms with E-state index in [0.717, 1.165) is 11.8 Å². The lowest BCUT2D eigenvalue weighted by Crippen LogP contribution is -2.28. The maximum atomic E-state index is 13.3. The number of pyridine rings is 1. The first-order valence-corrected chi connectivity index (χ1v) is 9.62. The molecule has 0 unspecified atom stereocenters. The van der Waals surface area contributed by atoms with E-state index in [0.29, 0.717) is 35.3 Å². The molecule has 1 fully saturated rings. The van der Waals surface area contributed by atoms with Gasteiger partial charge in [-0.2, -0.15) is 0 Å². The van der Waals surface area contributed by atoms with E-state index < -0.39 is 11.7 Å². The number of benzene rings is 2. The maximum Gasteiger partial charge on any atom is 0.586 e. The van der Waals surface area contributed by atoms with Crippen LogP contribution in [0.25, 0.3) is 11.3 Å². The van der Waals surface area contributed by atoms with Gasteiger partial charge in [0.1, 0.15) is 6.29 Å². The minimum absolute atomic E-state index is 0.0544. The second kappa shape index (κ2) is 6.87. The third-order valence-electron chi connectivity index (χ3n) is 5.47. The summed E-state index contributed by atoms with van der Waals surface area (Å²) in [6.07, 6.45) is -0.190. The number of halogens is 2. The van der Waals surface area contributed by atoms with Crippen LogP contribution in [0.2, 0.25) is 0 Å². The zero-order chi connectivity index (χ0) is 21.6. The molecule has 1 amide bonds. The monoisotopic (exact) mass is 422 g/mol. The van der Waals surface area contributed by atoms with E-state index in [2.05, 4.69) is 19.8 Å². The lowest BCUT2D eigenvalue weighted by atomic mass is 9.94. The Kier molecular flexibility index (Phi) is 4.25. The Bertz CT molecular complexity index is 1210. The molecule has 2 heterocycles. The van der Waals surface area contributed by atoms with Gasteiger partial charge in [-0.15, -0.1) is 8.78 Å². The molecule has 1 aliphatic heterocycles. The summed E-state index contributed by atoms with van der Waals surface area (Å²) in [5, 5.41) is 2.90. The molecule has 0 spiro atoms. The summed E-state index contributed by atoms with van der Waals surface area (Å²) in [7, 11) is 0. The van der Waals surface area contributed by atoms with Crippen LogP contribution < -0.4 is 14.8 Å². The number of nitrogens with one attached hydrogen (secondary N) is 1. The average molecular weight is 422 g/mol. The predicted molar refractivity (Wildman–Crippen MR) is 107 cm³/mol. The lowest BCUT2D eigenvalue weighted by Gasteiger charge is -2.16. The topological polar surface area (TPSA) is 77.5 Å². The molecular weight excluding hydrogens is 406 g/mol. The Morgan fingerprint density at radius 1 is 1.03 bits per heavy atom. The van der Waals surface area contributed by atoms with E-state index in [1.54, 1.807) is 42.6 Å². The number of amides is 1. The van der Waals surface area contributed by atoms with Crippen LogP contribution in [-0.2, 0) is 10.2 Å². The Morgan fingerprint density at radius 3 is 2.61 bits per heavy atom. The van der Waals surface area contributed by atoms with Gasteiger partial charge in [0.2, 0.25) is 5.91 Å². The van der Waals surface area contributed by atoms with E-state index in [4.69, 9.17) is 0 Å². The van der Waals surface area contributed by atoms with Gasteiger partial charge in [-0.25, -0.2) is 0 Å². The van der Waals surface area contributed by atoms with Crippen LogP contribution in [0.15, 0.2) is 60.8 Å².